The summed E-state index contributed by atoms with van der Waals surface area (Å²) in [4.78, 5) is 12.6. The molecule has 0 amide bonds. The zero-order valence-electron chi connectivity index (χ0n) is 10.6. The van der Waals surface area contributed by atoms with E-state index in [-0.39, 0.29) is 5.95 Å². The van der Waals surface area contributed by atoms with Crippen molar-refractivity contribution in [1.82, 2.24) is 15.0 Å². The van der Waals surface area contributed by atoms with Gasteiger partial charge in [-0.25, -0.2) is 4.98 Å². The van der Waals surface area contributed by atoms with Crippen molar-refractivity contribution in [2.45, 2.75) is 11.8 Å². The Hall–Kier alpha value is -1.79. The summed E-state index contributed by atoms with van der Waals surface area (Å²) in [7, 11) is 0. The molecule has 1 aromatic heterocycles. The molecule has 2 aromatic rings. The molecule has 3 rings (SSSR count). The van der Waals surface area contributed by atoms with E-state index in [1.165, 1.54) is 11.8 Å². The Bertz CT molecular complexity index is 705. The average Bonchev–Trinajstić information content (AvgIpc) is 2.45. The van der Waals surface area contributed by atoms with E-state index in [1.54, 1.807) is 6.26 Å². The second-order valence-electron chi connectivity index (χ2n) is 4.15. The first-order chi connectivity index (χ1) is 9.67. The molecule has 0 atom stereocenters. The maximum Gasteiger partial charge on any atom is 0.224 e. The van der Waals surface area contributed by atoms with Crippen molar-refractivity contribution in [3.8, 4) is 11.4 Å². The fraction of sp³-hybridized carbons (Fsp3) is 0.154. The van der Waals surface area contributed by atoms with Gasteiger partial charge in [-0.1, -0.05) is 23.4 Å². The van der Waals surface area contributed by atoms with Gasteiger partial charge in [-0.15, -0.1) is 0 Å². The fourth-order valence-electron chi connectivity index (χ4n) is 1.93. The van der Waals surface area contributed by atoms with Gasteiger partial charge in [-0.05, 0) is 35.6 Å². The van der Waals surface area contributed by atoms with Gasteiger partial charge in [0.15, 0.2) is 11.0 Å². The van der Waals surface area contributed by atoms with Crippen molar-refractivity contribution >= 4 is 35.4 Å². The Morgan fingerprint density at radius 1 is 1.30 bits per heavy atom. The number of hydrogen-bond acceptors (Lipinski definition) is 6. The highest BCUT2D eigenvalue weighted by Gasteiger charge is 2.15. The molecular weight excluding hydrogens is 296 g/mol. The standard InChI is InChI=1S/C13H11ClN4OS/c1-20-13-17-11(16-12(15)18-13)9-4-7-2-3-19-6-8(7)5-10(9)14/h2-5H,6H2,1H3,(H2,15,16,17,18). The fourth-order valence-corrected chi connectivity index (χ4v) is 2.56. The van der Waals surface area contributed by atoms with Gasteiger partial charge in [-0.2, -0.15) is 9.97 Å². The summed E-state index contributed by atoms with van der Waals surface area (Å²) in [6, 6.07) is 3.81. The molecule has 7 heteroatoms. The van der Waals surface area contributed by atoms with E-state index in [1.807, 2.05) is 24.5 Å². The Morgan fingerprint density at radius 2 is 2.15 bits per heavy atom. The van der Waals surface area contributed by atoms with E-state index in [4.69, 9.17) is 22.1 Å². The third-order valence-electron chi connectivity index (χ3n) is 2.87. The predicted octanol–water partition coefficient (Wildman–Crippen LogP) is 3.00. The number of aromatic nitrogens is 3. The highest BCUT2D eigenvalue weighted by Crippen LogP contribution is 2.32. The number of halogens is 1. The van der Waals surface area contributed by atoms with Crippen molar-refractivity contribution in [3.63, 3.8) is 0 Å². The number of anilines is 1. The van der Waals surface area contributed by atoms with Crippen LogP contribution in [-0.2, 0) is 11.3 Å². The topological polar surface area (TPSA) is 73.9 Å². The number of nitrogen functional groups attached to an aromatic ring is 1. The molecule has 2 N–H and O–H groups in total. The highest BCUT2D eigenvalue weighted by atomic mass is 35.5. The molecule has 1 aliphatic heterocycles. The number of benzene rings is 1. The number of nitrogens with two attached hydrogens (primary N) is 1. The van der Waals surface area contributed by atoms with Crippen LogP contribution in [0.5, 0.6) is 0 Å². The van der Waals surface area contributed by atoms with Gasteiger partial charge in [0, 0.05) is 5.56 Å². The Labute approximate surface area is 125 Å². The summed E-state index contributed by atoms with van der Waals surface area (Å²) >= 11 is 7.72. The van der Waals surface area contributed by atoms with E-state index in [0.29, 0.717) is 22.6 Å². The zero-order valence-corrected chi connectivity index (χ0v) is 12.2. The zero-order chi connectivity index (χ0) is 14.1. The lowest BCUT2D eigenvalue weighted by atomic mass is 10.0. The molecule has 0 saturated heterocycles. The minimum absolute atomic E-state index is 0.187. The second-order valence-corrected chi connectivity index (χ2v) is 5.33. The first-order valence-electron chi connectivity index (χ1n) is 5.84. The molecule has 102 valence electrons. The number of hydrogen-bond donors (Lipinski definition) is 1. The molecular formula is C13H11ClN4OS. The van der Waals surface area contributed by atoms with Gasteiger partial charge >= 0.3 is 0 Å². The number of nitrogens with zero attached hydrogens (tertiary/aromatic N) is 3. The molecule has 0 spiro atoms. The third kappa shape index (κ3) is 2.44. The van der Waals surface area contributed by atoms with Gasteiger partial charge in [0.1, 0.15) is 6.61 Å². The lowest BCUT2D eigenvalue weighted by Crippen LogP contribution is -2.03. The monoisotopic (exact) mass is 306 g/mol. The average molecular weight is 307 g/mol. The quantitative estimate of drug-likeness (QED) is 0.860. The number of rotatable bonds is 2. The van der Waals surface area contributed by atoms with Crippen LogP contribution in [0, 0.1) is 0 Å². The molecule has 20 heavy (non-hydrogen) atoms. The Kier molecular flexibility index (Phi) is 3.50. The summed E-state index contributed by atoms with van der Waals surface area (Å²) in [6.07, 6.45) is 5.43. The minimum atomic E-state index is 0.187. The summed E-state index contributed by atoms with van der Waals surface area (Å²) in [5, 5.41) is 1.14. The summed E-state index contributed by atoms with van der Waals surface area (Å²) in [5.74, 6) is 0.668. The van der Waals surface area contributed by atoms with E-state index in [0.717, 1.165) is 16.7 Å². The summed E-state index contributed by atoms with van der Waals surface area (Å²) in [5.41, 5.74) is 8.52. The first kappa shape index (κ1) is 13.2. The molecule has 1 aromatic carbocycles. The molecule has 0 bridgehead atoms. The van der Waals surface area contributed by atoms with E-state index >= 15 is 0 Å². The smallest absolute Gasteiger partial charge is 0.224 e. The van der Waals surface area contributed by atoms with Gasteiger partial charge in [-0.3, -0.25) is 0 Å². The van der Waals surface area contributed by atoms with Crippen molar-refractivity contribution in [2.24, 2.45) is 0 Å². The first-order valence-corrected chi connectivity index (χ1v) is 7.44. The Balaban J connectivity index is 2.15. The van der Waals surface area contributed by atoms with Crippen LogP contribution < -0.4 is 5.73 Å². The molecule has 0 unspecified atom stereocenters. The van der Waals surface area contributed by atoms with E-state index < -0.39 is 0 Å². The number of ether oxygens (including phenoxy) is 1. The number of thioether (sulfide) groups is 1. The van der Waals surface area contributed by atoms with Gasteiger partial charge < -0.3 is 10.5 Å². The van der Waals surface area contributed by atoms with Crippen molar-refractivity contribution in [2.75, 3.05) is 12.0 Å². The van der Waals surface area contributed by atoms with Gasteiger partial charge in [0.25, 0.3) is 0 Å². The largest absolute Gasteiger partial charge is 0.496 e. The van der Waals surface area contributed by atoms with Crippen molar-refractivity contribution in [1.29, 1.82) is 0 Å². The van der Waals surface area contributed by atoms with Crippen LogP contribution in [0.25, 0.3) is 17.5 Å². The maximum atomic E-state index is 6.32. The van der Waals surface area contributed by atoms with Crippen LogP contribution in [0.3, 0.4) is 0 Å². The van der Waals surface area contributed by atoms with Gasteiger partial charge in [0.05, 0.1) is 11.3 Å². The molecule has 1 aliphatic rings. The second kappa shape index (κ2) is 5.30. The van der Waals surface area contributed by atoms with Crippen LogP contribution in [0.4, 0.5) is 5.95 Å². The number of fused-ring (bicyclic) bond motifs is 1. The van der Waals surface area contributed by atoms with Crippen molar-refractivity contribution in [3.05, 3.63) is 34.5 Å². The van der Waals surface area contributed by atoms with Crippen LogP contribution >= 0.6 is 23.4 Å². The van der Waals surface area contributed by atoms with Crippen LogP contribution in [0.15, 0.2) is 23.6 Å². The molecule has 0 fully saturated rings. The third-order valence-corrected chi connectivity index (χ3v) is 3.73. The van der Waals surface area contributed by atoms with E-state index in [9.17, 15) is 0 Å². The summed E-state index contributed by atoms with van der Waals surface area (Å²) < 4.78 is 5.25. The molecule has 0 radical (unpaired) electrons. The van der Waals surface area contributed by atoms with Gasteiger partial charge in [0.2, 0.25) is 5.95 Å². The lowest BCUT2D eigenvalue weighted by molar-refractivity contribution is 0.234. The molecule has 0 aliphatic carbocycles. The highest BCUT2D eigenvalue weighted by molar-refractivity contribution is 7.98. The summed E-state index contributed by atoms with van der Waals surface area (Å²) in [6.45, 7) is 0.515. The Morgan fingerprint density at radius 3 is 2.95 bits per heavy atom. The van der Waals surface area contributed by atoms with Crippen LogP contribution in [0.1, 0.15) is 11.1 Å². The van der Waals surface area contributed by atoms with Crippen molar-refractivity contribution < 1.29 is 4.74 Å². The van der Waals surface area contributed by atoms with Crippen LogP contribution in [-0.4, -0.2) is 21.2 Å². The van der Waals surface area contributed by atoms with E-state index in [2.05, 4.69) is 15.0 Å². The SMILES string of the molecule is CSc1nc(N)nc(-c2cc3c(cc2Cl)COC=C3)n1. The molecule has 5 nitrogen and oxygen atoms in total. The van der Waals surface area contributed by atoms with Crippen LogP contribution in [0.2, 0.25) is 5.02 Å². The lowest BCUT2D eigenvalue weighted by Gasteiger charge is -2.14. The molecule has 0 saturated carbocycles. The normalized spacial score (nSPS) is 12.9. The minimum Gasteiger partial charge on any atom is -0.496 e. The maximum absolute atomic E-state index is 6.32. The molecule has 2 heterocycles. The predicted molar refractivity (Wildman–Crippen MR) is 80.3 cm³/mol.